The van der Waals surface area contributed by atoms with Crippen molar-refractivity contribution in [3.05, 3.63) is 83.2 Å². The minimum Gasteiger partial charge on any atom is -0.374 e. The molecule has 3 aliphatic rings. The zero-order valence-electron chi connectivity index (χ0n) is 19.5. The molecule has 2 aliphatic heterocycles. The second-order valence-corrected chi connectivity index (χ2v) is 9.85. The summed E-state index contributed by atoms with van der Waals surface area (Å²) in [7, 11) is 0. The van der Waals surface area contributed by atoms with Crippen LogP contribution in [0.3, 0.4) is 0 Å². The third-order valence-corrected chi connectivity index (χ3v) is 7.25. The van der Waals surface area contributed by atoms with Crippen LogP contribution in [0.25, 0.3) is 5.03 Å². The molecule has 9 nitrogen and oxygen atoms in total. The maximum absolute atomic E-state index is 13.4. The van der Waals surface area contributed by atoms with Crippen LogP contribution in [0, 0.1) is 0 Å². The molecule has 1 saturated heterocycles. The largest absolute Gasteiger partial charge is 0.374 e. The summed E-state index contributed by atoms with van der Waals surface area (Å²) in [5.74, 6) is -0.392. The van der Waals surface area contributed by atoms with Crippen LogP contribution >= 0.6 is 11.6 Å². The van der Waals surface area contributed by atoms with Crippen molar-refractivity contribution < 1.29 is 9.59 Å². The smallest absolute Gasteiger partial charge is 0.277 e. The van der Waals surface area contributed by atoms with Crippen molar-refractivity contribution in [3.8, 4) is 0 Å². The topological polar surface area (TPSA) is 109 Å². The van der Waals surface area contributed by atoms with Gasteiger partial charge in [0.1, 0.15) is 0 Å². The number of aromatic nitrogens is 3. The molecule has 2 fully saturated rings. The SMILES string of the molecule is N[C@@H]1CN(C(=O)c2ccc3c(c2)NC(c2ccccc2)C=C3Cl)CCN1C(=O)c1cn(C2CC2)nn1. The Hall–Kier alpha value is -3.69. The minimum atomic E-state index is -0.628. The van der Waals surface area contributed by atoms with E-state index in [9.17, 15) is 9.59 Å². The molecule has 2 aromatic carbocycles. The standard InChI is InChI=1S/C26H26ClN7O2/c27-20-13-21(16-4-2-1-3-5-16)29-22-12-17(6-9-19(20)22)25(35)32-10-11-33(24(28)15-32)26(36)23-14-34(31-30-23)18-7-8-18/h1-6,9,12-14,18,21,24,29H,7-8,10-11,15,28H2/t21?,24-/m0/s1. The number of benzene rings is 2. The Kier molecular flexibility index (Phi) is 5.73. The molecule has 3 N–H and O–H groups in total. The second kappa shape index (κ2) is 9.07. The van der Waals surface area contributed by atoms with Crippen LogP contribution in [0.2, 0.25) is 0 Å². The molecule has 6 rings (SSSR count). The van der Waals surface area contributed by atoms with Crippen molar-refractivity contribution in [1.82, 2.24) is 24.8 Å². The summed E-state index contributed by atoms with van der Waals surface area (Å²) >= 11 is 6.57. The van der Waals surface area contributed by atoms with Gasteiger partial charge in [-0.25, -0.2) is 4.68 Å². The van der Waals surface area contributed by atoms with Gasteiger partial charge in [0.2, 0.25) is 0 Å². The molecule has 0 bridgehead atoms. The number of hydrogen-bond acceptors (Lipinski definition) is 6. The molecule has 0 radical (unpaired) electrons. The van der Waals surface area contributed by atoms with Crippen LogP contribution in [-0.4, -0.2) is 62.4 Å². The molecular formula is C26H26ClN7O2. The summed E-state index contributed by atoms with van der Waals surface area (Å²) in [5.41, 5.74) is 9.90. The maximum atomic E-state index is 13.4. The van der Waals surface area contributed by atoms with Gasteiger partial charge in [0.05, 0.1) is 31.0 Å². The summed E-state index contributed by atoms with van der Waals surface area (Å²) in [6.45, 7) is 0.946. The van der Waals surface area contributed by atoms with E-state index in [1.165, 1.54) is 0 Å². The first-order chi connectivity index (χ1) is 17.5. The van der Waals surface area contributed by atoms with Gasteiger partial charge in [0.25, 0.3) is 11.8 Å². The number of anilines is 1. The molecule has 1 aromatic heterocycles. The Morgan fingerprint density at radius 1 is 1.06 bits per heavy atom. The molecule has 3 heterocycles. The first-order valence-corrected chi connectivity index (χ1v) is 12.5. The summed E-state index contributed by atoms with van der Waals surface area (Å²) in [5, 5.41) is 12.2. The lowest BCUT2D eigenvalue weighted by Gasteiger charge is -2.39. The molecule has 3 aromatic rings. The zero-order valence-corrected chi connectivity index (χ0v) is 20.3. The molecule has 184 valence electrons. The van der Waals surface area contributed by atoms with Gasteiger partial charge in [-0.15, -0.1) is 5.10 Å². The highest BCUT2D eigenvalue weighted by Gasteiger charge is 2.34. The van der Waals surface area contributed by atoms with Crippen LogP contribution in [0.15, 0.2) is 60.8 Å². The summed E-state index contributed by atoms with van der Waals surface area (Å²) in [6.07, 6.45) is 5.15. The number of nitrogens with one attached hydrogen (secondary N) is 1. The number of hydrogen-bond donors (Lipinski definition) is 2. The van der Waals surface area contributed by atoms with E-state index in [4.69, 9.17) is 17.3 Å². The maximum Gasteiger partial charge on any atom is 0.277 e. The van der Waals surface area contributed by atoms with E-state index >= 15 is 0 Å². The molecule has 1 saturated carbocycles. The lowest BCUT2D eigenvalue weighted by Crippen LogP contribution is -2.60. The van der Waals surface area contributed by atoms with Gasteiger partial charge in [0, 0.05) is 34.9 Å². The van der Waals surface area contributed by atoms with Gasteiger partial charge in [-0.1, -0.05) is 53.2 Å². The fourth-order valence-electron chi connectivity index (χ4n) is 4.76. The van der Waals surface area contributed by atoms with Crippen LogP contribution < -0.4 is 11.1 Å². The molecule has 36 heavy (non-hydrogen) atoms. The Morgan fingerprint density at radius 3 is 2.61 bits per heavy atom. The van der Waals surface area contributed by atoms with Crippen LogP contribution in [0.1, 0.15) is 56.9 Å². The van der Waals surface area contributed by atoms with Crippen molar-refractivity contribution >= 4 is 34.1 Å². The summed E-state index contributed by atoms with van der Waals surface area (Å²) in [6, 6.07) is 15.7. The summed E-state index contributed by atoms with van der Waals surface area (Å²) < 4.78 is 1.74. The quantitative estimate of drug-likeness (QED) is 0.565. The number of halogens is 1. The number of carbonyl (C=O) groups excluding carboxylic acids is 2. The van der Waals surface area contributed by atoms with Crippen LogP contribution in [0.5, 0.6) is 0 Å². The average molecular weight is 504 g/mol. The highest BCUT2D eigenvalue weighted by atomic mass is 35.5. The molecule has 2 atom stereocenters. The van der Waals surface area contributed by atoms with E-state index in [0.29, 0.717) is 29.7 Å². The highest BCUT2D eigenvalue weighted by molar-refractivity contribution is 6.49. The van der Waals surface area contributed by atoms with E-state index in [-0.39, 0.29) is 30.1 Å². The van der Waals surface area contributed by atoms with Crippen molar-refractivity contribution in [2.75, 3.05) is 25.0 Å². The number of rotatable bonds is 4. The number of nitrogens with zero attached hydrogens (tertiary/aromatic N) is 5. The van der Waals surface area contributed by atoms with Crippen molar-refractivity contribution in [1.29, 1.82) is 0 Å². The lowest BCUT2D eigenvalue weighted by molar-refractivity contribution is 0.0392. The molecular weight excluding hydrogens is 478 g/mol. The molecule has 0 spiro atoms. The normalized spacial score (nSPS) is 21.4. The number of fused-ring (bicyclic) bond motifs is 1. The number of nitrogens with two attached hydrogens (primary N) is 1. The summed E-state index contributed by atoms with van der Waals surface area (Å²) in [4.78, 5) is 29.6. The van der Waals surface area contributed by atoms with Crippen LogP contribution in [0.4, 0.5) is 5.69 Å². The van der Waals surface area contributed by atoms with Crippen molar-refractivity contribution in [3.63, 3.8) is 0 Å². The predicted molar refractivity (Wildman–Crippen MR) is 136 cm³/mol. The molecule has 1 aliphatic carbocycles. The van der Waals surface area contributed by atoms with E-state index < -0.39 is 6.17 Å². The number of carbonyl (C=O) groups is 2. The van der Waals surface area contributed by atoms with Gasteiger partial charge in [0.15, 0.2) is 5.69 Å². The zero-order chi connectivity index (χ0) is 24.8. The van der Waals surface area contributed by atoms with E-state index in [1.807, 2.05) is 48.5 Å². The Labute approximate surface area is 213 Å². The second-order valence-electron chi connectivity index (χ2n) is 9.44. The van der Waals surface area contributed by atoms with E-state index in [2.05, 4.69) is 15.6 Å². The fraction of sp³-hybridized carbons (Fsp3) is 0.308. The number of amides is 2. The van der Waals surface area contributed by atoms with Gasteiger partial charge >= 0.3 is 0 Å². The van der Waals surface area contributed by atoms with Crippen LogP contribution in [-0.2, 0) is 0 Å². The average Bonchev–Trinajstić information content (AvgIpc) is 3.64. The Balaban J connectivity index is 1.15. The lowest BCUT2D eigenvalue weighted by atomic mass is 9.98. The minimum absolute atomic E-state index is 0.0857. The Morgan fingerprint density at radius 2 is 1.86 bits per heavy atom. The number of piperazine rings is 1. The molecule has 2 amide bonds. The van der Waals surface area contributed by atoms with Gasteiger partial charge in [-0.3, -0.25) is 9.59 Å². The molecule has 10 heteroatoms. The first kappa shape index (κ1) is 22.8. The first-order valence-electron chi connectivity index (χ1n) is 12.1. The highest BCUT2D eigenvalue weighted by Crippen LogP contribution is 2.38. The third-order valence-electron chi connectivity index (χ3n) is 6.92. The van der Waals surface area contributed by atoms with E-state index in [0.717, 1.165) is 29.7 Å². The van der Waals surface area contributed by atoms with Gasteiger partial charge < -0.3 is 20.9 Å². The molecule has 1 unspecified atom stereocenters. The fourth-order valence-corrected chi connectivity index (χ4v) is 5.05. The third kappa shape index (κ3) is 4.25. The Bertz CT molecular complexity index is 1350. The van der Waals surface area contributed by atoms with Crippen molar-refractivity contribution in [2.45, 2.75) is 31.1 Å². The predicted octanol–water partition coefficient (Wildman–Crippen LogP) is 3.24. The van der Waals surface area contributed by atoms with Gasteiger partial charge in [-0.05, 0) is 36.6 Å². The van der Waals surface area contributed by atoms with Gasteiger partial charge in [-0.2, -0.15) is 0 Å². The monoisotopic (exact) mass is 503 g/mol. The van der Waals surface area contributed by atoms with E-state index in [1.54, 1.807) is 26.7 Å². The van der Waals surface area contributed by atoms with Crippen molar-refractivity contribution in [2.24, 2.45) is 5.73 Å².